The molecular formula is C22H25FN6O. The Labute approximate surface area is 174 Å². The van der Waals surface area contributed by atoms with Crippen molar-refractivity contribution in [3.8, 4) is 0 Å². The lowest BCUT2D eigenvalue weighted by Gasteiger charge is -2.50. The van der Waals surface area contributed by atoms with E-state index in [1.807, 2.05) is 19.9 Å². The van der Waals surface area contributed by atoms with Crippen molar-refractivity contribution in [3.63, 3.8) is 0 Å². The molecule has 0 bridgehead atoms. The average molecular weight is 408 g/mol. The molecule has 0 radical (unpaired) electrons. The van der Waals surface area contributed by atoms with Gasteiger partial charge in [0.1, 0.15) is 17.5 Å². The molecule has 0 unspecified atom stereocenters. The highest BCUT2D eigenvalue weighted by Gasteiger charge is 2.50. The molecule has 1 aromatic carbocycles. The number of hydrogen-bond acceptors (Lipinski definition) is 5. The van der Waals surface area contributed by atoms with E-state index < -0.39 is 5.41 Å². The van der Waals surface area contributed by atoms with E-state index in [4.69, 9.17) is 0 Å². The number of anilines is 1. The summed E-state index contributed by atoms with van der Waals surface area (Å²) in [6.45, 7) is 5.25. The number of aromatic nitrogens is 4. The van der Waals surface area contributed by atoms with Gasteiger partial charge in [0.2, 0.25) is 5.91 Å². The number of rotatable bonds is 7. The van der Waals surface area contributed by atoms with Crippen LogP contribution >= 0.6 is 0 Å². The first kappa shape index (κ1) is 20.0. The number of benzene rings is 1. The largest absolute Gasteiger partial charge is 0.355 e. The first-order valence-corrected chi connectivity index (χ1v) is 10.0. The summed E-state index contributed by atoms with van der Waals surface area (Å²) in [5.74, 6) is 1.17. The van der Waals surface area contributed by atoms with E-state index in [2.05, 4.69) is 30.4 Å². The van der Waals surface area contributed by atoms with Gasteiger partial charge >= 0.3 is 0 Å². The lowest BCUT2D eigenvalue weighted by atomic mass is 9.73. The highest BCUT2D eigenvalue weighted by Crippen LogP contribution is 2.38. The van der Waals surface area contributed by atoms with Crippen LogP contribution in [0.15, 0.2) is 42.7 Å². The summed E-state index contributed by atoms with van der Waals surface area (Å²) in [4.78, 5) is 24.0. The van der Waals surface area contributed by atoms with Gasteiger partial charge in [0.25, 0.3) is 0 Å². The Morgan fingerprint density at radius 3 is 2.80 bits per heavy atom. The molecule has 8 heteroatoms. The number of H-pyrrole nitrogens is 1. The van der Waals surface area contributed by atoms with Gasteiger partial charge in [0, 0.05) is 49.7 Å². The molecular weight excluding hydrogens is 383 g/mol. The summed E-state index contributed by atoms with van der Waals surface area (Å²) < 4.78 is 14.3. The molecule has 1 fully saturated rings. The van der Waals surface area contributed by atoms with Crippen molar-refractivity contribution in [2.75, 3.05) is 24.5 Å². The van der Waals surface area contributed by atoms with Crippen LogP contribution in [-0.2, 0) is 17.6 Å². The molecule has 2 aromatic heterocycles. The molecule has 7 nitrogen and oxygen atoms in total. The maximum Gasteiger partial charge on any atom is 0.230 e. The average Bonchev–Trinajstić information content (AvgIpc) is 3.21. The summed E-state index contributed by atoms with van der Waals surface area (Å²) in [5, 5.41) is 9.85. The second-order valence-corrected chi connectivity index (χ2v) is 7.92. The van der Waals surface area contributed by atoms with Crippen LogP contribution in [0, 0.1) is 25.1 Å². The van der Waals surface area contributed by atoms with Crippen LogP contribution in [0.5, 0.6) is 0 Å². The van der Waals surface area contributed by atoms with Gasteiger partial charge in [-0.15, -0.1) is 0 Å². The molecule has 1 saturated heterocycles. The van der Waals surface area contributed by atoms with E-state index in [1.165, 1.54) is 6.07 Å². The topological polar surface area (TPSA) is 86.8 Å². The minimum absolute atomic E-state index is 0.0649. The molecule has 4 rings (SSSR count). The van der Waals surface area contributed by atoms with Crippen LogP contribution in [0.1, 0.15) is 22.6 Å². The number of hydrogen-bond donors (Lipinski definition) is 2. The molecule has 0 atom stereocenters. The van der Waals surface area contributed by atoms with Crippen molar-refractivity contribution in [2.45, 2.75) is 26.7 Å². The number of aromatic amines is 1. The molecule has 1 amide bonds. The van der Waals surface area contributed by atoms with Crippen molar-refractivity contribution in [1.29, 1.82) is 0 Å². The van der Waals surface area contributed by atoms with E-state index in [-0.39, 0.29) is 11.7 Å². The van der Waals surface area contributed by atoms with E-state index in [9.17, 15) is 9.18 Å². The van der Waals surface area contributed by atoms with Gasteiger partial charge in [-0.2, -0.15) is 5.10 Å². The van der Waals surface area contributed by atoms with E-state index in [0.717, 1.165) is 17.1 Å². The Balaban J connectivity index is 1.51. The Hall–Kier alpha value is -3.29. The van der Waals surface area contributed by atoms with Crippen molar-refractivity contribution >= 4 is 11.7 Å². The van der Waals surface area contributed by atoms with Crippen LogP contribution in [0.3, 0.4) is 0 Å². The first-order chi connectivity index (χ1) is 14.5. The van der Waals surface area contributed by atoms with Gasteiger partial charge in [-0.1, -0.05) is 18.2 Å². The third kappa shape index (κ3) is 4.03. The van der Waals surface area contributed by atoms with Crippen LogP contribution < -0.4 is 10.2 Å². The van der Waals surface area contributed by atoms with Crippen LogP contribution in [0.4, 0.5) is 10.2 Å². The zero-order chi connectivity index (χ0) is 21.1. The number of halogens is 1. The third-order valence-electron chi connectivity index (χ3n) is 5.56. The van der Waals surface area contributed by atoms with E-state index >= 15 is 0 Å². The van der Waals surface area contributed by atoms with Crippen LogP contribution in [-0.4, -0.2) is 45.7 Å². The molecule has 30 heavy (non-hydrogen) atoms. The zero-order valence-electron chi connectivity index (χ0n) is 17.2. The molecule has 0 saturated carbocycles. The van der Waals surface area contributed by atoms with Gasteiger partial charge < -0.3 is 10.2 Å². The number of carbonyl (C=O) groups excluding carboxylic acids is 1. The van der Waals surface area contributed by atoms with E-state index in [1.54, 1.807) is 30.6 Å². The fourth-order valence-electron chi connectivity index (χ4n) is 3.94. The van der Waals surface area contributed by atoms with Crippen LogP contribution in [0.25, 0.3) is 0 Å². The minimum atomic E-state index is -0.707. The number of nitrogens with one attached hydrogen (secondary N) is 2. The number of amides is 1. The number of nitrogens with zero attached hydrogens (tertiary/aromatic N) is 4. The Bertz CT molecular complexity index is 1030. The van der Waals surface area contributed by atoms with Crippen molar-refractivity contribution in [1.82, 2.24) is 25.5 Å². The number of carbonyl (C=O) groups is 1. The Morgan fingerprint density at radius 1 is 1.27 bits per heavy atom. The van der Waals surface area contributed by atoms with Gasteiger partial charge in [-0.3, -0.25) is 9.89 Å². The lowest BCUT2D eigenvalue weighted by Crippen LogP contribution is -2.65. The van der Waals surface area contributed by atoms with Gasteiger partial charge in [0.15, 0.2) is 0 Å². The van der Waals surface area contributed by atoms with E-state index in [0.29, 0.717) is 43.9 Å². The number of aryl methyl sites for hydroxylation is 2. The zero-order valence-corrected chi connectivity index (χ0v) is 17.2. The van der Waals surface area contributed by atoms with Crippen molar-refractivity contribution < 1.29 is 9.18 Å². The summed E-state index contributed by atoms with van der Waals surface area (Å²) in [5.41, 5.74) is 1.76. The standard InChI is InChI=1S/C22H25FN6O/c1-15-12-25-16(2)27-20(15)29-13-22(14-29,11-17-5-3-4-6-19(17)23)21(30)24-9-7-18-8-10-26-28-18/h3-6,8,10,12H,7,9,11,13-14H2,1-2H3,(H,24,30)(H,26,28). The second kappa shape index (κ2) is 8.22. The summed E-state index contributed by atoms with van der Waals surface area (Å²) >= 11 is 0. The molecule has 3 aromatic rings. The molecule has 0 aliphatic carbocycles. The van der Waals surface area contributed by atoms with Gasteiger partial charge in [0.05, 0.1) is 5.41 Å². The highest BCUT2D eigenvalue weighted by molar-refractivity contribution is 5.86. The molecule has 2 N–H and O–H groups in total. The smallest absolute Gasteiger partial charge is 0.230 e. The maximum atomic E-state index is 14.3. The Morgan fingerprint density at radius 2 is 2.07 bits per heavy atom. The predicted molar refractivity (Wildman–Crippen MR) is 112 cm³/mol. The molecule has 1 aliphatic rings. The maximum absolute atomic E-state index is 14.3. The quantitative estimate of drug-likeness (QED) is 0.627. The first-order valence-electron chi connectivity index (χ1n) is 10.0. The van der Waals surface area contributed by atoms with Crippen molar-refractivity contribution in [3.05, 3.63) is 71.2 Å². The Kier molecular flexibility index (Phi) is 5.48. The molecule has 3 heterocycles. The molecule has 0 spiro atoms. The monoisotopic (exact) mass is 408 g/mol. The molecule has 1 aliphatic heterocycles. The van der Waals surface area contributed by atoms with Crippen LogP contribution in [0.2, 0.25) is 0 Å². The summed E-state index contributed by atoms with van der Waals surface area (Å²) in [6.07, 6.45) is 4.48. The summed E-state index contributed by atoms with van der Waals surface area (Å²) in [7, 11) is 0. The van der Waals surface area contributed by atoms with Gasteiger partial charge in [-0.25, -0.2) is 14.4 Å². The van der Waals surface area contributed by atoms with Gasteiger partial charge in [-0.05, 0) is 38.0 Å². The second-order valence-electron chi connectivity index (χ2n) is 7.92. The third-order valence-corrected chi connectivity index (χ3v) is 5.56. The molecule has 156 valence electrons. The SMILES string of the molecule is Cc1ncc(C)c(N2CC(Cc3ccccc3F)(C(=O)NCCc3ccn[nH]3)C2)n1. The fourth-order valence-corrected chi connectivity index (χ4v) is 3.94. The fraction of sp³-hybridized carbons (Fsp3) is 0.364. The minimum Gasteiger partial charge on any atom is -0.355 e. The normalized spacial score (nSPS) is 15.0. The lowest BCUT2D eigenvalue weighted by molar-refractivity contribution is -0.132. The highest BCUT2D eigenvalue weighted by atomic mass is 19.1. The summed E-state index contributed by atoms with van der Waals surface area (Å²) in [6, 6.07) is 8.53. The van der Waals surface area contributed by atoms with Crippen molar-refractivity contribution in [2.24, 2.45) is 5.41 Å². The predicted octanol–water partition coefficient (Wildman–Crippen LogP) is 2.36.